The summed E-state index contributed by atoms with van der Waals surface area (Å²) in [6.45, 7) is 12.3. The van der Waals surface area contributed by atoms with Crippen LogP contribution in [0.3, 0.4) is 0 Å². The largest absolute Gasteiger partial charge is 0.392 e. The van der Waals surface area contributed by atoms with E-state index in [1.807, 2.05) is 30.5 Å². The summed E-state index contributed by atoms with van der Waals surface area (Å²) in [7, 11) is 1.71. The number of piperidine rings is 1. The third-order valence-corrected chi connectivity index (χ3v) is 13.4. The first kappa shape index (κ1) is 39.2. The van der Waals surface area contributed by atoms with Crippen molar-refractivity contribution in [2.24, 2.45) is 17.5 Å². The zero-order chi connectivity index (χ0) is 42.0. The number of benzene rings is 1. The summed E-state index contributed by atoms with van der Waals surface area (Å²) in [5, 5.41) is 14.0. The Balaban J connectivity index is 0.772. The maximum absolute atomic E-state index is 14.0. The number of amides is 2. The van der Waals surface area contributed by atoms with Gasteiger partial charge in [-0.1, -0.05) is 19.9 Å². The van der Waals surface area contributed by atoms with E-state index in [2.05, 4.69) is 66.6 Å². The minimum absolute atomic E-state index is 0.117. The third kappa shape index (κ3) is 7.36. The molecule has 0 atom stereocenters. The number of hydrogen-bond acceptors (Lipinski definition) is 10. The predicted octanol–water partition coefficient (Wildman–Crippen LogP) is 5.02. The summed E-state index contributed by atoms with van der Waals surface area (Å²) in [6.07, 6.45) is 11.0. The van der Waals surface area contributed by atoms with Crippen molar-refractivity contribution in [3.63, 3.8) is 0 Å². The summed E-state index contributed by atoms with van der Waals surface area (Å²) >= 11 is 0. The van der Waals surface area contributed by atoms with Crippen molar-refractivity contribution < 1.29 is 14.7 Å². The first-order chi connectivity index (χ1) is 29.5. The van der Waals surface area contributed by atoms with E-state index in [0.29, 0.717) is 64.4 Å². The highest BCUT2D eigenvalue weighted by Gasteiger charge is 2.38. The lowest BCUT2D eigenvalue weighted by molar-refractivity contribution is 0.0812. The molecule has 10 rings (SSSR count). The summed E-state index contributed by atoms with van der Waals surface area (Å²) in [4.78, 5) is 61.7. The van der Waals surface area contributed by atoms with Gasteiger partial charge in [-0.15, -0.1) is 0 Å². The van der Waals surface area contributed by atoms with Gasteiger partial charge in [-0.05, 0) is 90.3 Å². The molecule has 2 saturated heterocycles. The molecule has 0 radical (unpaired) electrons. The van der Waals surface area contributed by atoms with Gasteiger partial charge in [0.2, 0.25) is 0 Å². The number of aliphatic imine (C=N–C) groups is 1. The predicted molar refractivity (Wildman–Crippen MR) is 236 cm³/mol. The monoisotopic (exact) mass is 820 g/mol. The molecule has 4 aromatic heterocycles. The Morgan fingerprint density at radius 3 is 2.46 bits per heavy atom. The highest BCUT2D eigenvalue weighted by Crippen LogP contribution is 2.40. The van der Waals surface area contributed by atoms with Gasteiger partial charge >= 0.3 is 0 Å². The fourth-order valence-corrected chi connectivity index (χ4v) is 10.2. The van der Waals surface area contributed by atoms with Crippen molar-refractivity contribution in [2.75, 3.05) is 60.9 Å². The number of pyridine rings is 3. The number of piperazine rings is 1. The Bertz CT molecular complexity index is 2630. The lowest BCUT2D eigenvalue weighted by atomic mass is 9.90. The second kappa shape index (κ2) is 15.5. The van der Waals surface area contributed by atoms with Crippen molar-refractivity contribution in [3.8, 4) is 11.1 Å². The van der Waals surface area contributed by atoms with Crippen LogP contribution in [0, 0.1) is 5.41 Å². The van der Waals surface area contributed by atoms with Gasteiger partial charge in [0.05, 0.1) is 24.1 Å². The summed E-state index contributed by atoms with van der Waals surface area (Å²) in [5.74, 6) is 0.727. The van der Waals surface area contributed by atoms with E-state index in [-0.39, 0.29) is 29.4 Å². The van der Waals surface area contributed by atoms with E-state index < -0.39 is 0 Å². The fourth-order valence-electron chi connectivity index (χ4n) is 10.2. The number of nitrogens with one attached hydrogen (secondary N) is 1. The fraction of sp³-hybridized carbons (Fsp3) is 0.404. The zero-order valence-electron chi connectivity index (χ0n) is 35.1. The van der Waals surface area contributed by atoms with Crippen LogP contribution in [0.5, 0.6) is 0 Å². The second-order valence-electron chi connectivity index (χ2n) is 18.0. The standard InChI is InChI=1S/C47H52N10O4/c1-47(2)23-31-22-40-46(61)57(19-18-56(40)41(31)24-47)43-38(29-58)36(8-11-48-43)33-21-39(45(60)52(3)28-33)51-42-7-5-35(26-49-42)54-12-9-34(10-13-54)55-16-14-53(15-17-55)27-30-4-6-37-32(20-30)25-50-44(37)59/h4-8,11,20-22,25-26,28,34,58H,9-10,12-19,23-24,27,29H2,1-3H3,(H,49,51). The molecule has 0 saturated carbocycles. The molecule has 1 aliphatic carbocycles. The average molecular weight is 821 g/mol. The summed E-state index contributed by atoms with van der Waals surface area (Å²) in [5.41, 5.74) is 9.35. The van der Waals surface area contributed by atoms with E-state index in [4.69, 9.17) is 4.98 Å². The molecular formula is C47H52N10O4. The number of aromatic nitrogens is 4. The molecule has 2 fully saturated rings. The molecule has 2 amide bonds. The molecule has 0 unspecified atom stereocenters. The van der Waals surface area contributed by atoms with Crippen molar-refractivity contribution in [1.29, 1.82) is 0 Å². The molecule has 4 aliphatic heterocycles. The summed E-state index contributed by atoms with van der Waals surface area (Å²) < 4.78 is 3.69. The van der Waals surface area contributed by atoms with Crippen LogP contribution in [-0.4, -0.2) is 104 Å². The van der Waals surface area contributed by atoms with Crippen LogP contribution >= 0.6 is 0 Å². The van der Waals surface area contributed by atoms with Gasteiger partial charge in [0, 0.05) is 113 Å². The molecule has 5 aromatic rings. The minimum Gasteiger partial charge on any atom is -0.392 e. The Labute approximate surface area is 355 Å². The molecule has 61 heavy (non-hydrogen) atoms. The van der Waals surface area contributed by atoms with Crippen molar-refractivity contribution in [2.45, 2.75) is 65.3 Å². The smallest absolute Gasteiger partial charge is 0.277 e. The van der Waals surface area contributed by atoms with Crippen LogP contribution < -0.4 is 20.7 Å². The molecule has 2 N–H and O–H groups in total. The Morgan fingerprint density at radius 2 is 1.69 bits per heavy atom. The number of nitrogens with zero attached hydrogens (tertiary/aromatic N) is 9. The van der Waals surface area contributed by atoms with Gasteiger partial charge in [-0.2, -0.15) is 0 Å². The maximum Gasteiger partial charge on any atom is 0.277 e. The molecule has 5 aliphatic rings. The van der Waals surface area contributed by atoms with Crippen molar-refractivity contribution in [1.82, 2.24) is 28.9 Å². The number of aryl methyl sites for hydroxylation is 1. The van der Waals surface area contributed by atoms with Gasteiger partial charge in [0.15, 0.2) is 0 Å². The molecular weight excluding hydrogens is 769 g/mol. The topological polar surface area (TPSA) is 144 Å². The first-order valence-corrected chi connectivity index (χ1v) is 21.5. The lowest BCUT2D eigenvalue weighted by Crippen LogP contribution is -2.53. The zero-order valence-corrected chi connectivity index (χ0v) is 35.1. The van der Waals surface area contributed by atoms with Crippen LogP contribution in [0.1, 0.15) is 75.5 Å². The number of hydrogen-bond donors (Lipinski definition) is 2. The molecule has 14 nitrogen and oxygen atoms in total. The van der Waals surface area contributed by atoms with E-state index in [0.717, 1.165) is 82.7 Å². The Hall–Kier alpha value is -5.96. The number of carbonyl (C=O) groups is 2. The SMILES string of the molecule is Cn1cc(-c2ccnc(N3CCn4c(cc5c4CC(C)(C)C5)C3=O)c2CO)cc(Nc2ccc(N3CCC(N4CCN(Cc5ccc6c(c5)C=NC6=O)CC4)CC3)cn2)c1=O. The summed E-state index contributed by atoms with van der Waals surface area (Å²) in [6, 6.07) is 16.2. The number of aliphatic hydroxyl groups excluding tert-OH is 1. The molecule has 314 valence electrons. The van der Waals surface area contributed by atoms with Crippen molar-refractivity contribution in [3.05, 3.63) is 117 Å². The average Bonchev–Trinajstić information content (AvgIpc) is 3.91. The lowest BCUT2D eigenvalue weighted by Gasteiger charge is -2.43. The van der Waals surface area contributed by atoms with Gasteiger partial charge in [0.1, 0.15) is 23.0 Å². The van der Waals surface area contributed by atoms with Crippen LogP contribution in [-0.2, 0) is 39.6 Å². The number of anilines is 4. The first-order valence-electron chi connectivity index (χ1n) is 21.5. The highest BCUT2D eigenvalue weighted by molar-refractivity contribution is 6.13. The Kier molecular flexibility index (Phi) is 9.96. The van der Waals surface area contributed by atoms with Gasteiger partial charge in [0.25, 0.3) is 17.4 Å². The quantitative estimate of drug-likeness (QED) is 0.208. The Morgan fingerprint density at radius 1 is 0.869 bits per heavy atom. The number of fused-ring (bicyclic) bond motifs is 4. The van der Waals surface area contributed by atoms with Crippen molar-refractivity contribution >= 4 is 41.0 Å². The van der Waals surface area contributed by atoms with Crippen LogP contribution in [0.15, 0.2) is 76.9 Å². The molecule has 0 bridgehead atoms. The van der Waals surface area contributed by atoms with E-state index >= 15 is 0 Å². The molecule has 1 aromatic carbocycles. The minimum atomic E-state index is -0.325. The molecule has 8 heterocycles. The number of carbonyl (C=O) groups excluding carboxylic acids is 2. The van der Waals surface area contributed by atoms with Crippen LogP contribution in [0.4, 0.5) is 23.0 Å². The second-order valence-corrected chi connectivity index (χ2v) is 18.0. The normalized spacial score (nSPS) is 19.1. The van der Waals surface area contributed by atoms with Crippen LogP contribution in [0.2, 0.25) is 0 Å². The van der Waals surface area contributed by atoms with Crippen LogP contribution in [0.25, 0.3) is 11.1 Å². The van der Waals surface area contributed by atoms with Gasteiger partial charge < -0.3 is 24.5 Å². The van der Waals surface area contributed by atoms with E-state index in [1.54, 1.807) is 36.6 Å². The van der Waals surface area contributed by atoms with E-state index in [9.17, 15) is 19.5 Å². The number of rotatable bonds is 9. The molecule has 14 heteroatoms. The highest BCUT2D eigenvalue weighted by atomic mass is 16.3. The van der Waals surface area contributed by atoms with Gasteiger partial charge in [-0.25, -0.2) is 15.0 Å². The maximum atomic E-state index is 14.0. The third-order valence-electron chi connectivity index (χ3n) is 13.4. The van der Waals surface area contributed by atoms with E-state index in [1.165, 1.54) is 21.4 Å². The number of aliphatic hydroxyl groups is 1. The molecule has 0 spiro atoms. The van der Waals surface area contributed by atoms with Gasteiger partial charge in [-0.3, -0.25) is 29.1 Å².